The van der Waals surface area contributed by atoms with Crippen molar-refractivity contribution in [2.24, 2.45) is 5.92 Å². The standard InChI is InChI=1S/C15H26N2O3/c1-15(2,3)17(14(18)19)13-5-4-12(10-13)11-16-6-8-20-9-7-16/h4-5,12-13H,6-11H2,1-3H3,(H,18,19)/t12-,13+/m0/s1. The number of hydrogen-bond donors (Lipinski definition) is 1. The first kappa shape index (κ1) is 15.3. The van der Waals surface area contributed by atoms with Crippen molar-refractivity contribution in [1.29, 1.82) is 0 Å². The smallest absolute Gasteiger partial charge is 0.408 e. The normalized spacial score (nSPS) is 27.8. The molecule has 1 aliphatic carbocycles. The van der Waals surface area contributed by atoms with E-state index in [1.54, 1.807) is 4.90 Å². The van der Waals surface area contributed by atoms with Gasteiger partial charge in [-0.1, -0.05) is 12.2 Å². The van der Waals surface area contributed by atoms with Crippen molar-refractivity contribution in [3.8, 4) is 0 Å². The Kier molecular flexibility index (Phi) is 4.70. The number of amides is 1. The molecule has 20 heavy (non-hydrogen) atoms. The van der Waals surface area contributed by atoms with Crippen LogP contribution in [0.3, 0.4) is 0 Å². The van der Waals surface area contributed by atoms with Gasteiger partial charge in [-0.3, -0.25) is 9.80 Å². The molecule has 5 heteroatoms. The lowest BCUT2D eigenvalue weighted by molar-refractivity contribution is 0.0313. The van der Waals surface area contributed by atoms with Crippen LogP contribution >= 0.6 is 0 Å². The summed E-state index contributed by atoms with van der Waals surface area (Å²) in [5.41, 5.74) is -0.366. The van der Waals surface area contributed by atoms with Crippen LogP contribution in [-0.4, -0.2) is 65.4 Å². The van der Waals surface area contributed by atoms with Crippen LogP contribution in [0.2, 0.25) is 0 Å². The third-order valence-electron chi connectivity index (χ3n) is 4.01. The van der Waals surface area contributed by atoms with Gasteiger partial charge in [-0.2, -0.15) is 0 Å². The number of hydrogen-bond acceptors (Lipinski definition) is 3. The molecule has 0 aromatic rings. The maximum absolute atomic E-state index is 11.5. The second-order valence-corrected chi connectivity index (χ2v) is 6.68. The Morgan fingerprint density at radius 2 is 2.00 bits per heavy atom. The quantitative estimate of drug-likeness (QED) is 0.805. The Morgan fingerprint density at radius 3 is 2.55 bits per heavy atom. The lowest BCUT2D eigenvalue weighted by Crippen LogP contribution is -2.50. The van der Waals surface area contributed by atoms with E-state index in [4.69, 9.17) is 4.74 Å². The van der Waals surface area contributed by atoms with Gasteiger partial charge in [0, 0.05) is 25.2 Å². The van der Waals surface area contributed by atoms with Crippen molar-refractivity contribution < 1.29 is 14.6 Å². The molecule has 1 amide bonds. The molecule has 0 spiro atoms. The van der Waals surface area contributed by atoms with Crippen molar-refractivity contribution in [1.82, 2.24) is 9.80 Å². The predicted octanol–water partition coefficient (Wildman–Crippen LogP) is 2.04. The zero-order chi connectivity index (χ0) is 14.8. The summed E-state index contributed by atoms with van der Waals surface area (Å²) in [7, 11) is 0. The number of ether oxygens (including phenoxy) is 1. The first-order chi connectivity index (χ1) is 9.38. The van der Waals surface area contributed by atoms with Gasteiger partial charge in [-0.15, -0.1) is 0 Å². The summed E-state index contributed by atoms with van der Waals surface area (Å²) in [6.45, 7) is 10.4. The summed E-state index contributed by atoms with van der Waals surface area (Å²) < 4.78 is 5.35. The molecule has 114 valence electrons. The van der Waals surface area contributed by atoms with E-state index in [1.807, 2.05) is 20.8 Å². The van der Waals surface area contributed by atoms with E-state index in [2.05, 4.69) is 17.1 Å². The highest BCUT2D eigenvalue weighted by Crippen LogP contribution is 2.28. The Hall–Kier alpha value is -1.07. The minimum absolute atomic E-state index is 0.00135. The van der Waals surface area contributed by atoms with Gasteiger partial charge in [-0.25, -0.2) is 4.79 Å². The molecule has 1 heterocycles. The first-order valence-corrected chi connectivity index (χ1v) is 7.38. The molecule has 5 nitrogen and oxygen atoms in total. The largest absolute Gasteiger partial charge is 0.465 e. The fraction of sp³-hybridized carbons (Fsp3) is 0.800. The Morgan fingerprint density at radius 1 is 1.35 bits per heavy atom. The highest BCUT2D eigenvalue weighted by Gasteiger charge is 2.35. The van der Waals surface area contributed by atoms with Crippen LogP contribution in [0.5, 0.6) is 0 Å². The van der Waals surface area contributed by atoms with Crippen LogP contribution in [0.15, 0.2) is 12.2 Å². The third kappa shape index (κ3) is 3.73. The van der Waals surface area contributed by atoms with Crippen LogP contribution in [0.25, 0.3) is 0 Å². The van der Waals surface area contributed by atoms with Gasteiger partial charge in [0.2, 0.25) is 0 Å². The zero-order valence-electron chi connectivity index (χ0n) is 12.7. The van der Waals surface area contributed by atoms with Crippen molar-refractivity contribution in [3.05, 3.63) is 12.2 Å². The fourth-order valence-electron chi connectivity index (χ4n) is 3.12. The molecule has 2 rings (SSSR count). The van der Waals surface area contributed by atoms with Crippen molar-refractivity contribution in [2.75, 3.05) is 32.8 Å². The van der Waals surface area contributed by atoms with E-state index >= 15 is 0 Å². The Labute approximate surface area is 121 Å². The van der Waals surface area contributed by atoms with Gasteiger partial charge >= 0.3 is 6.09 Å². The van der Waals surface area contributed by atoms with E-state index in [-0.39, 0.29) is 11.6 Å². The number of rotatable bonds is 3. The lowest BCUT2D eigenvalue weighted by Gasteiger charge is -2.38. The summed E-state index contributed by atoms with van der Waals surface area (Å²) in [6.07, 6.45) is 4.30. The Balaban J connectivity index is 1.91. The van der Waals surface area contributed by atoms with E-state index in [1.165, 1.54) is 0 Å². The molecule has 0 aromatic carbocycles. The topological polar surface area (TPSA) is 53.0 Å². The molecule has 0 radical (unpaired) electrons. The highest BCUT2D eigenvalue weighted by atomic mass is 16.5. The number of nitrogens with zero attached hydrogens (tertiary/aromatic N) is 2. The summed E-state index contributed by atoms with van der Waals surface area (Å²) in [4.78, 5) is 15.5. The average Bonchev–Trinajstić information content (AvgIpc) is 2.76. The SMILES string of the molecule is CC(C)(C)N(C(=O)O)[C@@H]1C=C[C@H](CN2CCOCC2)C1. The van der Waals surface area contributed by atoms with E-state index in [9.17, 15) is 9.90 Å². The third-order valence-corrected chi connectivity index (χ3v) is 4.01. The molecule has 1 fully saturated rings. The summed E-state index contributed by atoms with van der Waals surface area (Å²) in [5.74, 6) is 0.447. The van der Waals surface area contributed by atoms with E-state index < -0.39 is 6.09 Å². The number of morpholine rings is 1. The van der Waals surface area contributed by atoms with Crippen LogP contribution in [0.4, 0.5) is 4.79 Å². The average molecular weight is 282 g/mol. The van der Waals surface area contributed by atoms with Gasteiger partial charge in [0.25, 0.3) is 0 Å². The van der Waals surface area contributed by atoms with Gasteiger partial charge in [0.1, 0.15) is 0 Å². The van der Waals surface area contributed by atoms with Crippen LogP contribution in [0.1, 0.15) is 27.2 Å². The summed E-state index contributed by atoms with van der Waals surface area (Å²) in [6, 6.07) is -0.00135. The molecule has 0 saturated carbocycles. The van der Waals surface area contributed by atoms with Crippen LogP contribution in [-0.2, 0) is 4.74 Å². The lowest BCUT2D eigenvalue weighted by atomic mass is 10.0. The number of carboxylic acid groups (broad SMARTS) is 1. The maximum atomic E-state index is 11.5. The summed E-state index contributed by atoms with van der Waals surface area (Å²) >= 11 is 0. The van der Waals surface area contributed by atoms with Crippen molar-refractivity contribution in [2.45, 2.75) is 38.8 Å². The predicted molar refractivity (Wildman–Crippen MR) is 77.9 cm³/mol. The first-order valence-electron chi connectivity index (χ1n) is 7.38. The van der Waals surface area contributed by atoms with Crippen LogP contribution in [0, 0.1) is 5.92 Å². The van der Waals surface area contributed by atoms with Crippen molar-refractivity contribution >= 4 is 6.09 Å². The second kappa shape index (κ2) is 6.14. The van der Waals surface area contributed by atoms with Crippen molar-refractivity contribution in [3.63, 3.8) is 0 Å². The molecule has 1 saturated heterocycles. The molecule has 0 unspecified atom stereocenters. The molecule has 0 bridgehead atoms. The minimum atomic E-state index is -0.834. The van der Waals surface area contributed by atoms with Gasteiger partial charge in [0.15, 0.2) is 0 Å². The molecule has 2 atom stereocenters. The van der Waals surface area contributed by atoms with Gasteiger partial charge in [-0.05, 0) is 33.1 Å². The van der Waals surface area contributed by atoms with E-state index in [0.717, 1.165) is 39.3 Å². The van der Waals surface area contributed by atoms with Crippen LogP contribution < -0.4 is 0 Å². The molecule has 0 aromatic heterocycles. The minimum Gasteiger partial charge on any atom is -0.465 e. The Bertz CT molecular complexity index is 370. The maximum Gasteiger partial charge on any atom is 0.408 e. The fourth-order valence-corrected chi connectivity index (χ4v) is 3.12. The molecule has 2 aliphatic rings. The molecular weight excluding hydrogens is 256 g/mol. The number of carbonyl (C=O) groups is 1. The molecular formula is C15H26N2O3. The molecule has 1 N–H and O–H groups in total. The summed E-state index contributed by atoms with van der Waals surface area (Å²) in [5, 5.41) is 9.44. The molecule has 1 aliphatic heterocycles. The van der Waals surface area contributed by atoms with Gasteiger partial charge < -0.3 is 9.84 Å². The zero-order valence-corrected chi connectivity index (χ0v) is 12.7. The second-order valence-electron chi connectivity index (χ2n) is 6.68. The van der Waals surface area contributed by atoms with Gasteiger partial charge in [0.05, 0.1) is 19.3 Å². The highest BCUT2D eigenvalue weighted by molar-refractivity contribution is 5.67. The van der Waals surface area contributed by atoms with E-state index in [0.29, 0.717) is 5.92 Å². The monoisotopic (exact) mass is 282 g/mol.